The highest BCUT2D eigenvalue weighted by Crippen LogP contribution is 1.97. The Balaban J connectivity index is 2.14. The second kappa shape index (κ2) is 3.18. The maximum absolute atomic E-state index is 3.89. The predicted molar refractivity (Wildman–Crippen MR) is 43.0 cm³/mol. The van der Waals surface area contributed by atoms with E-state index in [1.54, 1.807) is 12.2 Å². The molecule has 0 atom stereocenters. The number of hydrogen-bond acceptors (Lipinski definition) is 6. The fraction of sp³-hybridized carbons (Fsp3) is 0. The summed E-state index contributed by atoms with van der Waals surface area (Å²) >= 11 is 1.07. The van der Waals surface area contributed by atoms with Crippen molar-refractivity contribution in [3.8, 4) is 0 Å². The van der Waals surface area contributed by atoms with Crippen molar-refractivity contribution in [3.05, 3.63) is 18.0 Å². The third-order valence-electron chi connectivity index (χ3n) is 1.14. The largest absolute Gasteiger partial charge is 0.260 e. The molecule has 0 fully saturated rings. The Morgan fingerprint density at radius 2 is 2.42 bits per heavy atom. The molecule has 0 aliphatic heterocycles. The normalized spacial score (nSPS) is 11.0. The SMILES string of the molecule is C(=C\c1ncn[nH]1)/c1nnsn1. The summed E-state index contributed by atoms with van der Waals surface area (Å²) in [7, 11) is 0. The highest BCUT2D eigenvalue weighted by atomic mass is 32.1. The van der Waals surface area contributed by atoms with Crippen molar-refractivity contribution in [3.63, 3.8) is 0 Å². The van der Waals surface area contributed by atoms with Gasteiger partial charge in [-0.3, -0.25) is 5.10 Å². The van der Waals surface area contributed by atoms with E-state index in [1.807, 2.05) is 0 Å². The predicted octanol–water partition coefficient (Wildman–Crippen LogP) is 0.222. The molecule has 0 spiro atoms. The average Bonchev–Trinajstić information content (AvgIpc) is 2.74. The van der Waals surface area contributed by atoms with Gasteiger partial charge in [-0.05, 0) is 12.2 Å². The van der Waals surface area contributed by atoms with Gasteiger partial charge in [-0.2, -0.15) is 9.47 Å². The molecule has 2 rings (SSSR count). The van der Waals surface area contributed by atoms with E-state index in [2.05, 4.69) is 29.1 Å². The highest BCUT2D eigenvalue weighted by molar-refractivity contribution is 6.98. The molecule has 12 heavy (non-hydrogen) atoms. The Hall–Kier alpha value is -1.63. The first-order valence-corrected chi connectivity index (χ1v) is 3.87. The fourth-order valence-corrected chi connectivity index (χ4v) is 0.989. The summed E-state index contributed by atoms with van der Waals surface area (Å²) in [5, 5.41) is 10.1. The van der Waals surface area contributed by atoms with Gasteiger partial charge in [0.2, 0.25) is 0 Å². The summed E-state index contributed by atoms with van der Waals surface area (Å²) in [4.78, 5) is 3.89. The number of aromatic amines is 1. The third-order valence-corrected chi connectivity index (χ3v) is 1.56. The number of aromatic nitrogens is 6. The van der Waals surface area contributed by atoms with Crippen LogP contribution in [0.1, 0.15) is 11.6 Å². The van der Waals surface area contributed by atoms with Crippen LogP contribution in [-0.4, -0.2) is 29.1 Å². The summed E-state index contributed by atoms with van der Waals surface area (Å²) < 4.78 is 7.49. The van der Waals surface area contributed by atoms with Crippen LogP contribution in [0.25, 0.3) is 12.2 Å². The van der Waals surface area contributed by atoms with Gasteiger partial charge in [0.05, 0.1) is 11.7 Å². The molecule has 0 unspecified atom stereocenters. The molecule has 0 aliphatic carbocycles. The van der Waals surface area contributed by atoms with Gasteiger partial charge in [0.1, 0.15) is 12.2 Å². The van der Waals surface area contributed by atoms with Crippen molar-refractivity contribution < 1.29 is 0 Å². The van der Waals surface area contributed by atoms with Gasteiger partial charge in [0, 0.05) is 0 Å². The van der Waals surface area contributed by atoms with Gasteiger partial charge in [-0.1, -0.05) is 4.49 Å². The van der Waals surface area contributed by atoms with Crippen LogP contribution in [0.4, 0.5) is 0 Å². The van der Waals surface area contributed by atoms with Crippen molar-refractivity contribution in [1.82, 2.24) is 29.1 Å². The van der Waals surface area contributed by atoms with Crippen LogP contribution in [0.15, 0.2) is 6.33 Å². The van der Waals surface area contributed by atoms with Crippen molar-refractivity contribution in [1.29, 1.82) is 0 Å². The van der Waals surface area contributed by atoms with Gasteiger partial charge in [0.15, 0.2) is 5.82 Å². The minimum atomic E-state index is 0.580. The zero-order valence-electron chi connectivity index (χ0n) is 5.88. The van der Waals surface area contributed by atoms with E-state index in [4.69, 9.17) is 0 Å². The Kier molecular flexibility index (Phi) is 1.87. The molecule has 60 valence electrons. The molecule has 0 aromatic carbocycles. The molecule has 0 amide bonds. The van der Waals surface area contributed by atoms with E-state index in [-0.39, 0.29) is 0 Å². The molecule has 7 heteroatoms. The Morgan fingerprint density at radius 1 is 1.42 bits per heavy atom. The second-order valence-electron chi connectivity index (χ2n) is 1.92. The van der Waals surface area contributed by atoms with Gasteiger partial charge in [0.25, 0.3) is 0 Å². The molecule has 2 aromatic heterocycles. The van der Waals surface area contributed by atoms with E-state index in [1.165, 1.54) is 6.33 Å². The smallest absolute Gasteiger partial charge is 0.189 e. The number of H-pyrrole nitrogens is 1. The lowest BCUT2D eigenvalue weighted by molar-refractivity contribution is 1.08. The molecule has 0 aliphatic rings. The molecule has 6 nitrogen and oxygen atoms in total. The molecular weight excluding hydrogens is 176 g/mol. The van der Waals surface area contributed by atoms with Crippen molar-refractivity contribution >= 4 is 23.9 Å². The van der Waals surface area contributed by atoms with Crippen LogP contribution >= 0.6 is 11.7 Å². The van der Waals surface area contributed by atoms with E-state index in [0.717, 1.165) is 11.7 Å². The number of hydrogen-bond donors (Lipinski definition) is 1. The molecule has 0 bridgehead atoms. The second-order valence-corrected chi connectivity index (χ2v) is 2.43. The first-order chi connectivity index (χ1) is 5.95. The van der Waals surface area contributed by atoms with Crippen LogP contribution in [0.3, 0.4) is 0 Å². The van der Waals surface area contributed by atoms with Crippen LogP contribution in [0, 0.1) is 0 Å². The first kappa shape index (κ1) is 7.04. The highest BCUT2D eigenvalue weighted by Gasteiger charge is 1.91. The topological polar surface area (TPSA) is 80.2 Å². The average molecular weight is 180 g/mol. The summed E-state index contributed by atoms with van der Waals surface area (Å²) in [5.74, 6) is 1.25. The fourth-order valence-electron chi connectivity index (χ4n) is 0.651. The van der Waals surface area contributed by atoms with Crippen LogP contribution in [0.5, 0.6) is 0 Å². The third kappa shape index (κ3) is 1.51. The van der Waals surface area contributed by atoms with Gasteiger partial charge < -0.3 is 0 Å². The van der Waals surface area contributed by atoms with Gasteiger partial charge in [-0.15, -0.1) is 5.10 Å². The van der Waals surface area contributed by atoms with Crippen molar-refractivity contribution in [2.75, 3.05) is 0 Å². The van der Waals surface area contributed by atoms with E-state index in [0.29, 0.717) is 11.6 Å². The van der Waals surface area contributed by atoms with Crippen molar-refractivity contribution in [2.45, 2.75) is 0 Å². The quantitative estimate of drug-likeness (QED) is 0.715. The lowest BCUT2D eigenvalue weighted by Crippen LogP contribution is -1.77. The van der Waals surface area contributed by atoms with E-state index >= 15 is 0 Å². The number of nitrogens with one attached hydrogen (secondary N) is 1. The Morgan fingerprint density at radius 3 is 3.08 bits per heavy atom. The molecule has 0 saturated carbocycles. The van der Waals surface area contributed by atoms with Crippen molar-refractivity contribution in [2.24, 2.45) is 0 Å². The summed E-state index contributed by atoms with van der Waals surface area (Å²) in [5.41, 5.74) is 0. The lowest BCUT2D eigenvalue weighted by atomic mass is 10.4. The van der Waals surface area contributed by atoms with Crippen LogP contribution in [0.2, 0.25) is 0 Å². The minimum Gasteiger partial charge on any atom is -0.260 e. The Labute approximate surface area is 71.7 Å². The standard InChI is InChI=1S/C5H4N6S/c1(4-6-3-7-8-4)2-5-9-11-12-10-5/h1-3H,(H,6,7,8)/b2-1+. The monoisotopic (exact) mass is 180 g/mol. The molecular formula is C5H4N6S. The minimum absolute atomic E-state index is 0.580. The number of nitrogens with zero attached hydrogens (tertiary/aromatic N) is 5. The summed E-state index contributed by atoms with van der Waals surface area (Å²) in [6, 6.07) is 0. The maximum Gasteiger partial charge on any atom is 0.189 e. The molecule has 1 N–H and O–H groups in total. The summed E-state index contributed by atoms with van der Waals surface area (Å²) in [6.45, 7) is 0. The van der Waals surface area contributed by atoms with Gasteiger partial charge >= 0.3 is 0 Å². The van der Waals surface area contributed by atoms with Gasteiger partial charge in [-0.25, -0.2) is 4.98 Å². The zero-order chi connectivity index (χ0) is 8.23. The molecule has 2 heterocycles. The Bertz CT molecular complexity index is 313. The lowest BCUT2D eigenvalue weighted by Gasteiger charge is -1.78. The molecule has 0 saturated heterocycles. The van der Waals surface area contributed by atoms with E-state index in [9.17, 15) is 0 Å². The first-order valence-electron chi connectivity index (χ1n) is 3.14. The summed E-state index contributed by atoms with van der Waals surface area (Å²) in [6.07, 6.45) is 4.88. The maximum atomic E-state index is 3.89. The zero-order valence-corrected chi connectivity index (χ0v) is 6.69. The number of rotatable bonds is 2. The van der Waals surface area contributed by atoms with Crippen LogP contribution in [-0.2, 0) is 0 Å². The van der Waals surface area contributed by atoms with Crippen LogP contribution < -0.4 is 0 Å². The molecule has 0 radical (unpaired) electrons. The van der Waals surface area contributed by atoms with E-state index < -0.39 is 0 Å². The molecule has 2 aromatic rings.